The number of nitrogens with one attached hydrogen (secondary N) is 1. The minimum Gasteiger partial charge on any atom is -0.465 e. The number of ether oxygens (including phenoxy) is 1. The van der Waals surface area contributed by atoms with Crippen molar-refractivity contribution in [3.63, 3.8) is 0 Å². The molecule has 2 aromatic carbocycles. The molecule has 25 heavy (non-hydrogen) atoms. The Morgan fingerprint density at radius 1 is 1.20 bits per heavy atom. The van der Waals surface area contributed by atoms with Crippen LogP contribution in [0.15, 0.2) is 46.6 Å². The van der Waals surface area contributed by atoms with Gasteiger partial charge in [-0.1, -0.05) is 35.6 Å². The van der Waals surface area contributed by atoms with Crippen LogP contribution >= 0.6 is 11.3 Å². The SMILES string of the molecule is COC(=O)c1cc2ccccc2cc1NC(=O)Cn1c(C)csc1=O. The highest BCUT2D eigenvalue weighted by molar-refractivity contribution is 7.07. The Bertz CT molecular complexity index is 1020. The maximum absolute atomic E-state index is 12.4. The lowest BCUT2D eigenvalue weighted by Crippen LogP contribution is -2.26. The average Bonchev–Trinajstić information content (AvgIpc) is 2.92. The van der Waals surface area contributed by atoms with E-state index in [1.54, 1.807) is 24.4 Å². The van der Waals surface area contributed by atoms with Crippen LogP contribution in [-0.4, -0.2) is 23.6 Å². The molecule has 0 aliphatic carbocycles. The maximum atomic E-state index is 12.4. The molecule has 3 rings (SSSR count). The predicted molar refractivity (Wildman–Crippen MR) is 97.2 cm³/mol. The zero-order chi connectivity index (χ0) is 18.0. The molecule has 1 heterocycles. The summed E-state index contributed by atoms with van der Waals surface area (Å²) in [6, 6.07) is 10.9. The summed E-state index contributed by atoms with van der Waals surface area (Å²) in [5, 5.41) is 6.17. The van der Waals surface area contributed by atoms with E-state index in [0.29, 0.717) is 5.69 Å². The van der Waals surface area contributed by atoms with Crippen molar-refractivity contribution in [1.29, 1.82) is 0 Å². The second kappa shape index (κ2) is 6.90. The van der Waals surface area contributed by atoms with E-state index in [2.05, 4.69) is 5.32 Å². The van der Waals surface area contributed by atoms with Crippen molar-refractivity contribution in [1.82, 2.24) is 4.57 Å². The number of rotatable bonds is 4. The first-order valence-corrected chi connectivity index (χ1v) is 8.43. The number of thiazole rings is 1. The minimum atomic E-state index is -0.537. The number of carbonyl (C=O) groups is 2. The molecule has 0 bridgehead atoms. The van der Waals surface area contributed by atoms with E-state index in [1.165, 1.54) is 11.7 Å². The Kier molecular flexibility index (Phi) is 4.67. The normalized spacial score (nSPS) is 10.6. The van der Waals surface area contributed by atoms with Gasteiger partial charge in [0.1, 0.15) is 6.54 Å². The largest absolute Gasteiger partial charge is 0.465 e. The number of aryl methyl sites for hydroxylation is 1. The first kappa shape index (κ1) is 16.9. The standard InChI is InChI=1S/C18H16N2O4S/c1-11-10-25-18(23)20(11)9-16(21)19-15-8-13-6-4-3-5-12(13)7-14(15)17(22)24-2/h3-8,10H,9H2,1-2H3,(H,19,21). The topological polar surface area (TPSA) is 77.4 Å². The van der Waals surface area contributed by atoms with Gasteiger partial charge in [0.05, 0.1) is 18.4 Å². The molecule has 0 aliphatic rings. The van der Waals surface area contributed by atoms with Crippen LogP contribution in [-0.2, 0) is 16.1 Å². The highest BCUT2D eigenvalue weighted by Crippen LogP contribution is 2.25. The number of amides is 1. The monoisotopic (exact) mass is 356 g/mol. The van der Waals surface area contributed by atoms with Crippen molar-refractivity contribution in [3.05, 3.63) is 62.7 Å². The van der Waals surface area contributed by atoms with Crippen LogP contribution in [0.25, 0.3) is 10.8 Å². The summed E-state index contributed by atoms with van der Waals surface area (Å²) in [6.45, 7) is 1.66. The summed E-state index contributed by atoms with van der Waals surface area (Å²) in [6.07, 6.45) is 0. The maximum Gasteiger partial charge on any atom is 0.339 e. The molecular weight excluding hydrogens is 340 g/mol. The highest BCUT2D eigenvalue weighted by atomic mass is 32.1. The molecule has 1 aromatic heterocycles. The molecule has 3 aromatic rings. The number of anilines is 1. The van der Waals surface area contributed by atoms with Gasteiger partial charge in [-0.15, -0.1) is 0 Å². The first-order chi connectivity index (χ1) is 12.0. The summed E-state index contributed by atoms with van der Waals surface area (Å²) in [4.78, 5) is 36.0. The first-order valence-electron chi connectivity index (χ1n) is 7.55. The number of hydrogen-bond donors (Lipinski definition) is 1. The smallest absolute Gasteiger partial charge is 0.339 e. The van der Waals surface area contributed by atoms with E-state index >= 15 is 0 Å². The Labute approximate surface area is 147 Å². The molecule has 0 saturated carbocycles. The third-order valence-electron chi connectivity index (χ3n) is 3.84. The molecule has 0 radical (unpaired) electrons. The van der Waals surface area contributed by atoms with Gasteiger partial charge in [-0.25, -0.2) is 4.79 Å². The van der Waals surface area contributed by atoms with Gasteiger partial charge in [0.2, 0.25) is 5.91 Å². The van der Waals surface area contributed by atoms with Gasteiger partial charge in [-0.05, 0) is 29.8 Å². The van der Waals surface area contributed by atoms with Gasteiger partial charge in [0.15, 0.2) is 0 Å². The van der Waals surface area contributed by atoms with Crippen molar-refractivity contribution in [2.45, 2.75) is 13.5 Å². The zero-order valence-electron chi connectivity index (χ0n) is 13.7. The summed E-state index contributed by atoms with van der Waals surface area (Å²) in [7, 11) is 1.29. The van der Waals surface area contributed by atoms with Crippen molar-refractivity contribution in [2.24, 2.45) is 0 Å². The molecule has 7 heteroatoms. The number of esters is 1. The number of nitrogens with zero attached hydrogens (tertiary/aromatic N) is 1. The van der Waals surface area contributed by atoms with Crippen LogP contribution in [0.4, 0.5) is 5.69 Å². The molecule has 0 unspecified atom stereocenters. The van der Waals surface area contributed by atoms with E-state index in [9.17, 15) is 14.4 Å². The van der Waals surface area contributed by atoms with Gasteiger partial charge < -0.3 is 10.1 Å². The Morgan fingerprint density at radius 2 is 1.88 bits per heavy atom. The molecule has 0 aliphatic heterocycles. The van der Waals surface area contributed by atoms with Crippen LogP contribution in [0.5, 0.6) is 0 Å². The van der Waals surface area contributed by atoms with Gasteiger partial charge in [-0.2, -0.15) is 0 Å². The lowest BCUT2D eigenvalue weighted by molar-refractivity contribution is -0.116. The van der Waals surface area contributed by atoms with Gasteiger partial charge in [0, 0.05) is 11.1 Å². The second-order valence-corrected chi connectivity index (χ2v) is 6.33. The summed E-state index contributed by atoms with van der Waals surface area (Å²) in [5.41, 5.74) is 1.34. The molecule has 0 saturated heterocycles. The average molecular weight is 356 g/mol. The molecule has 128 valence electrons. The van der Waals surface area contributed by atoms with Crippen molar-refractivity contribution in [2.75, 3.05) is 12.4 Å². The third-order valence-corrected chi connectivity index (χ3v) is 4.72. The summed E-state index contributed by atoms with van der Waals surface area (Å²) >= 11 is 1.05. The molecule has 0 atom stereocenters. The number of aromatic nitrogens is 1. The molecule has 0 spiro atoms. The molecular formula is C18H16N2O4S. The fourth-order valence-electron chi connectivity index (χ4n) is 2.55. The van der Waals surface area contributed by atoms with Crippen LogP contribution < -0.4 is 10.2 Å². The molecule has 0 fully saturated rings. The lowest BCUT2D eigenvalue weighted by atomic mass is 10.0. The molecule has 1 amide bonds. The summed E-state index contributed by atoms with van der Waals surface area (Å²) in [5.74, 6) is -0.922. The number of carbonyl (C=O) groups excluding carboxylic acids is 2. The predicted octanol–water partition coefficient (Wildman–Crippen LogP) is 2.80. The minimum absolute atomic E-state index is 0.110. The van der Waals surface area contributed by atoms with E-state index in [-0.39, 0.29) is 22.9 Å². The lowest BCUT2D eigenvalue weighted by Gasteiger charge is -2.12. The fourth-order valence-corrected chi connectivity index (χ4v) is 3.29. The van der Waals surface area contributed by atoms with E-state index in [4.69, 9.17) is 4.74 Å². The van der Waals surface area contributed by atoms with Crippen molar-refractivity contribution < 1.29 is 14.3 Å². The Morgan fingerprint density at radius 3 is 2.48 bits per heavy atom. The molecule has 6 nitrogen and oxygen atoms in total. The summed E-state index contributed by atoms with van der Waals surface area (Å²) < 4.78 is 6.20. The van der Waals surface area contributed by atoms with E-state index in [0.717, 1.165) is 27.8 Å². The highest BCUT2D eigenvalue weighted by Gasteiger charge is 2.16. The Balaban J connectivity index is 1.95. The van der Waals surface area contributed by atoms with Gasteiger partial charge in [-0.3, -0.25) is 14.2 Å². The van der Waals surface area contributed by atoms with E-state index < -0.39 is 5.97 Å². The van der Waals surface area contributed by atoms with E-state index in [1.807, 2.05) is 24.3 Å². The second-order valence-electron chi connectivity index (χ2n) is 5.51. The zero-order valence-corrected chi connectivity index (χ0v) is 14.6. The van der Waals surface area contributed by atoms with Gasteiger partial charge in [0.25, 0.3) is 0 Å². The number of methoxy groups -OCH3 is 1. The van der Waals surface area contributed by atoms with Crippen molar-refractivity contribution >= 4 is 39.7 Å². The van der Waals surface area contributed by atoms with Crippen LogP contribution in [0.2, 0.25) is 0 Å². The van der Waals surface area contributed by atoms with Crippen molar-refractivity contribution in [3.8, 4) is 0 Å². The number of hydrogen-bond acceptors (Lipinski definition) is 5. The number of benzene rings is 2. The van der Waals surface area contributed by atoms with Crippen LogP contribution in [0.3, 0.4) is 0 Å². The van der Waals surface area contributed by atoms with Crippen LogP contribution in [0.1, 0.15) is 16.1 Å². The third kappa shape index (κ3) is 3.46. The quantitative estimate of drug-likeness (QED) is 0.729. The van der Waals surface area contributed by atoms with Crippen LogP contribution in [0, 0.1) is 6.92 Å². The number of fused-ring (bicyclic) bond motifs is 1. The fraction of sp³-hybridized carbons (Fsp3) is 0.167. The van der Waals surface area contributed by atoms with Gasteiger partial charge >= 0.3 is 10.8 Å². The molecule has 1 N–H and O–H groups in total. The Hall–Kier alpha value is -2.93.